The van der Waals surface area contributed by atoms with E-state index < -0.39 is 6.10 Å². The van der Waals surface area contributed by atoms with Crippen molar-refractivity contribution in [2.45, 2.75) is 33.3 Å². The van der Waals surface area contributed by atoms with Crippen molar-refractivity contribution in [1.29, 1.82) is 0 Å². The molecule has 0 bridgehead atoms. The fraction of sp³-hybridized carbons (Fsp3) is 0.438. The van der Waals surface area contributed by atoms with E-state index in [0.717, 1.165) is 22.9 Å². The number of rotatable bonds is 4. The number of fused-ring (bicyclic) bond motifs is 1. The molecule has 2 aromatic rings. The summed E-state index contributed by atoms with van der Waals surface area (Å²) in [4.78, 5) is 4.33. The van der Waals surface area contributed by atoms with Crippen LogP contribution >= 0.6 is 0 Å². The molecular weight excluding hydrogens is 222 g/mol. The van der Waals surface area contributed by atoms with Crippen molar-refractivity contribution >= 4 is 10.9 Å². The minimum atomic E-state index is -0.404. The Hall–Kier alpha value is -1.41. The maximum atomic E-state index is 10.4. The van der Waals surface area contributed by atoms with Gasteiger partial charge in [-0.1, -0.05) is 39.0 Å². The van der Waals surface area contributed by atoms with Gasteiger partial charge in [-0.15, -0.1) is 0 Å². The van der Waals surface area contributed by atoms with E-state index in [2.05, 4.69) is 25.8 Å². The van der Waals surface area contributed by atoms with Crippen LogP contribution < -0.4 is 0 Å². The Bertz CT molecular complexity index is 521. The third-order valence-electron chi connectivity index (χ3n) is 3.35. The Labute approximate surface area is 109 Å². The molecule has 0 aliphatic carbocycles. The van der Waals surface area contributed by atoms with Crippen molar-refractivity contribution in [1.82, 2.24) is 4.98 Å². The third-order valence-corrected chi connectivity index (χ3v) is 3.35. The van der Waals surface area contributed by atoms with Gasteiger partial charge in [0.2, 0.25) is 0 Å². The van der Waals surface area contributed by atoms with Crippen molar-refractivity contribution in [2.75, 3.05) is 0 Å². The number of benzene rings is 1. The van der Waals surface area contributed by atoms with Crippen molar-refractivity contribution < 1.29 is 5.11 Å². The number of hydrogen-bond acceptors (Lipinski definition) is 2. The molecule has 96 valence electrons. The van der Waals surface area contributed by atoms with Gasteiger partial charge in [0.25, 0.3) is 0 Å². The molecule has 0 aliphatic rings. The summed E-state index contributed by atoms with van der Waals surface area (Å²) in [7, 11) is 0. The smallest absolute Gasteiger partial charge is 0.0816 e. The molecule has 2 heteroatoms. The highest BCUT2D eigenvalue weighted by Crippen LogP contribution is 2.28. The molecule has 2 rings (SSSR count). The van der Waals surface area contributed by atoms with Crippen molar-refractivity contribution in [3.8, 4) is 0 Å². The zero-order valence-corrected chi connectivity index (χ0v) is 11.3. The lowest BCUT2D eigenvalue weighted by Crippen LogP contribution is -2.11. The van der Waals surface area contributed by atoms with Gasteiger partial charge in [0.05, 0.1) is 11.6 Å². The SMILES string of the molecule is CC(C)CC(C)C(O)c1ccc2cccnc2c1. The molecule has 18 heavy (non-hydrogen) atoms. The van der Waals surface area contributed by atoms with E-state index >= 15 is 0 Å². The molecule has 0 aliphatic heterocycles. The predicted molar refractivity (Wildman–Crippen MR) is 75.3 cm³/mol. The zero-order chi connectivity index (χ0) is 13.1. The molecule has 0 saturated heterocycles. The Kier molecular flexibility index (Phi) is 3.97. The van der Waals surface area contributed by atoms with E-state index in [1.807, 2.05) is 30.3 Å². The van der Waals surface area contributed by atoms with Gasteiger partial charge in [0.1, 0.15) is 0 Å². The van der Waals surface area contributed by atoms with Gasteiger partial charge < -0.3 is 5.11 Å². The molecular formula is C16H21NO. The molecule has 0 amide bonds. The van der Waals surface area contributed by atoms with Crippen LogP contribution in [0.5, 0.6) is 0 Å². The molecule has 1 heterocycles. The largest absolute Gasteiger partial charge is 0.388 e. The molecule has 2 unspecified atom stereocenters. The third kappa shape index (κ3) is 2.88. The van der Waals surface area contributed by atoms with Crippen LogP contribution in [-0.4, -0.2) is 10.1 Å². The Morgan fingerprint density at radius 3 is 2.67 bits per heavy atom. The second kappa shape index (κ2) is 5.49. The quantitative estimate of drug-likeness (QED) is 0.882. The summed E-state index contributed by atoms with van der Waals surface area (Å²) in [6, 6.07) is 10.0. The normalized spacial score (nSPS) is 14.9. The molecule has 1 N–H and O–H groups in total. The van der Waals surface area contributed by atoms with Gasteiger partial charge >= 0.3 is 0 Å². The zero-order valence-electron chi connectivity index (χ0n) is 11.3. The fourth-order valence-electron chi connectivity index (χ4n) is 2.47. The molecule has 2 nitrogen and oxygen atoms in total. The average Bonchev–Trinajstić information content (AvgIpc) is 2.36. The lowest BCUT2D eigenvalue weighted by Gasteiger charge is -2.21. The summed E-state index contributed by atoms with van der Waals surface area (Å²) in [6.07, 6.45) is 2.41. The van der Waals surface area contributed by atoms with Crippen LogP contribution in [0, 0.1) is 11.8 Å². The first-order valence-electron chi connectivity index (χ1n) is 6.60. The van der Waals surface area contributed by atoms with Crippen molar-refractivity contribution in [2.24, 2.45) is 11.8 Å². The summed E-state index contributed by atoms with van der Waals surface area (Å²) in [5, 5.41) is 11.5. The van der Waals surface area contributed by atoms with Crippen LogP contribution in [0.2, 0.25) is 0 Å². The lowest BCUT2D eigenvalue weighted by molar-refractivity contribution is 0.105. The van der Waals surface area contributed by atoms with E-state index in [9.17, 15) is 5.11 Å². The maximum absolute atomic E-state index is 10.4. The van der Waals surface area contributed by atoms with E-state index in [4.69, 9.17) is 0 Å². The van der Waals surface area contributed by atoms with E-state index in [0.29, 0.717) is 5.92 Å². The molecule has 0 saturated carbocycles. The maximum Gasteiger partial charge on any atom is 0.0816 e. The van der Waals surface area contributed by atoms with Crippen molar-refractivity contribution in [3.63, 3.8) is 0 Å². The highest BCUT2D eigenvalue weighted by Gasteiger charge is 2.17. The van der Waals surface area contributed by atoms with Gasteiger partial charge in [0.15, 0.2) is 0 Å². The minimum Gasteiger partial charge on any atom is -0.388 e. The number of pyridine rings is 1. The van der Waals surface area contributed by atoms with E-state index in [1.165, 1.54) is 0 Å². The van der Waals surface area contributed by atoms with Gasteiger partial charge in [-0.25, -0.2) is 0 Å². The number of nitrogens with zero attached hydrogens (tertiary/aromatic N) is 1. The van der Waals surface area contributed by atoms with Crippen LogP contribution in [0.25, 0.3) is 10.9 Å². The molecule has 0 radical (unpaired) electrons. The van der Waals surface area contributed by atoms with Gasteiger partial charge in [-0.3, -0.25) is 4.98 Å². The first-order valence-corrected chi connectivity index (χ1v) is 6.60. The number of aliphatic hydroxyl groups is 1. The van der Waals surface area contributed by atoms with Crippen LogP contribution in [0.1, 0.15) is 38.9 Å². The summed E-state index contributed by atoms with van der Waals surface area (Å²) in [5.74, 6) is 0.874. The van der Waals surface area contributed by atoms with E-state index in [-0.39, 0.29) is 5.92 Å². The summed E-state index contributed by atoms with van der Waals surface area (Å²) >= 11 is 0. The summed E-state index contributed by atoms with van der Waals surface area (Å²) < 4.78 is 0. The van der Waals surface area contributed by atoms with Crippen LogP contribution in [0.4, 0.5) is 0 Å². The Morgan fingerprint density at radius 2 is 1.94 bits per heavy atom. The number of aliphatic hydroxyl groups excluding tert-OH is 1. The van der Waals surface area contributed by atoms with Crippen LogP contribution in [-0.2, 0) is 0 Å². The monoisotopic (exact) mass is 243 g/mol. The Morgan fingerprint density at radius 1 is 1.17 bits per heavy atom. The topological polar surface area (TPSA) is 33.1 Å². The molecule has 2 atom stereocenters. The number of aromatic nitrogens is 1. The first kappa shape index (κ1) is 13.0. The average molecular weight is 243 g/mol. The van der Waals surface area contributed by atoms with Gasteiger partial charge in [0, 0.05) is 11.6 Å². The molecule has 0 spiro atoms. The fourth-order valence-corrected chi connectivity index (χ4v) is 2.47. The van der Waals surface area contributed by atoms with Gasteiger partial charge in [-0.05, 0) is 36.0 Å². The van der Waals surface area contributed by atoms with Crippen molar-refractivity contribution in [3.05, 3.63) is 42.1 Å². The summed E-state index contributed by atoms with van der Waals surface area (Å²) in [6.45, 7) is 6.48. The van der Waals surface area contributed by atoms with E-state index in [1.54, 1.807) is 6.20 Å². The second-order valence-corrected chi connectivity index (χ2v) is 5.51. The van der Waals surface area contributed by atoms with Crippen LogP contribution in [0.15, 0.2) is 36.5 Å². The second-order valence-electron chi connectivity index (χ2n) is 5.51. The van der Waals surface area contributed by atoms with Gasteiger partial charge in [-0.2, -0.15) is 0 Å². The summed E-state index contributed by atoms with van der Waals surface area (Å²) in [5.41, 5.74) is 1.92. The highest BCUT2D eigenvalue weighted by atomic mass is 16.3. The number of hydrogen-bond donors (Lipinski definition) is 1. The molecule has 1 aromatic heterocycles. The Balaban J connectivity index is 2.24. The standard InChI is InChI=1S/C16H21NO/c1-11(2)9-12(3)16(18)14-7-6-13-5-4-8-17-15(13)10-14/h4-8,10-12,16,18H,9H2,1-3H3. The first-order chi connectivity index (χ1) is 8.58. The molecule has 0 fully saturated rings. The predicted octanol–water partition coefficient (Wildman–Crippen LogP) is 3.95. The lowest BCUT2D eigenvalue weighted by atomic mass is 9.89. The van der Waals surface area contributed by atoms with Crippen LogP contribution in [0.3, 0.4) is 0 Å². The molecule has 1 aromatic carbocycles. The highest BCUT2D eigenvalue weighted by molar-refractivity contribution is 5.78. The minimum absolute atomic E-state index is 0.270.